The summed E-state index contributed by atoms with van der Waals surface area (Å²) in [6.45, 7) is 2.14. The van der Waals surface area contributed by atoms with E-state index in [1.807, 2.05) is 0 Å². The molecular formula is C13H18O. The van der Waals surface area contributed by atoms with Crippen LogP contribution < -0.4 is 0 Å². The van der Waals surface area contributed by atoms with Crippen LogP contribution in [0.2, 0.25) is 0 Å². The Morgan fingerprint density at radius 1 is 1.36 bits per heavy atom. The van der Waals surface area contributed by atoms with E-state index in [2.05, 4.69) is 31.2 Å². The van der Waals surface area contributed by atoms with Crippen molar-refractivity contribution in [2.45, 2.75) is 38.7 Å². The van der Waals surface area contributed by atoms with Gasteiger partial charge in [-0.05, 0) is 49.7 Å². The van der Waals surface area contributed by atoms with E-state index >= 15 is 0 Å². The van der Waals surface area contributed by atoms with E-state index < -0.39 is 0 Å². The van der Waals surface area contributed by atoms with Crippen LogP contribution in [0.15, 0.2) is 24.3 Å². The van der Waals surface area contributed by atoms with Crippen molar-refractivity contribution in [3.8, 4) is 0 Å². The van der Waals surface area contributed by atoms with Crippen molar-refractivity contribution in [1.29, 1.82) is 0 Å². The van der Waals surface area contributed by atoms with E-state index in [0.717, 1.165) is 12.8 Å². The number of aryl methyl sites for hydroxylation is 2. The number of benzene rings is 1. The zero-order valence-corrected chi connectivity index (χ0v) is 8.74. The minimum atomic E-state index is -0.0605. The van der Waals surface area contributed by atoms with E-state index in [4.69, 9.17) is 0 Å². The summed E-state index contributed by atoms with van der Waals surface area (Å²) in [7, 11) is 0. The van der Waals surface area contributed by atoms with Crippen LogP contribution >= 0.6 is 0 Å². The van der Waals surface area contributed by atoms with Gasteiger partial charge in [0.2, 0.25) is 0 Å². The minimum absolute atomic E-state index is 0.0605. The molecule has 1 unspecified atom stereocenters. The molecule has 1 aliphatic carbocycles. The first-order valence-electron chi connectivity index (χ1n) is 5.50. The molecule has 1 nitrogen and oxygen atoms in total. The molecule has 0 saturated heterocycles. The van der Waals surface area contributed by atoms with Gasteiger partial charge in [-0.2, -0.15) is 0 Å². The van der Waals surface area contributed by atoms with E-state index in [1.165, 1.54) is 24.0 Å². The van der Waals surface area contributed by atoms with Crippen molar-refractivity contribution < 1.29 is 5.11 Å². The van der Waals surface area contributed by atoms with Crippen LogP contribution in [0.5, 0.6) is 0 Å². The summed E-state index contributed by atoms with van der Waals surface area (Å²) in [6, 6.07) is 8.44. The molecule has 1 aromatic carbocycles. The molecule has 1 heteroatoms. The second kappa shape index (κ2) is 4.14. The van der Waals surface area contributed by atoms with Crippen molar-refractivity contribution in [3.63, 3.8) is 0 Å². The summed E-state index contributed by atoms with van der Waals surface area (Å²) in [4.78, 5) is 0. The van der Waals surface area contributed by atoms with E-state index in [1.54, 1.807) is 0 Å². The molecule has 1 atom stereocenters. The standard InChI is InChI=1S/C13H18O/c1-10-4-2-3-5-11(10)8-9-13(14)12-6-7-12/h2-5,12-14H,6-9H2,1H3. The molecule has 0 aliphatic heterocycles. The molecule has 0 amide bonds. The third-order valence-corrected chi connectivity index (χ3v) is 3.14. The molecule has 2 rings (SSSR count). The average molecular weight is 190 g/mol. The average Bonchev–Trinajstić information content (AvgIpc) is 2.99. The van der Waals surface area contributed by atoms with E-state index in [0.29, 0.717) is 5.92 Å². The summed E-state index contributed by atoms with van der Waals surface area (Å²) in [5.74, 6) is 0.610. The highest BCUT2D eigenvalue weighted by atomic mass is 16.3. The van der Waals surface area contributed by atoms with E-state index in [-0.39, 0.29) is 6.10 Å². The lowest BCUT2D eigenvalue weighted by Gasteiger charge is -2.10. The van der Waals surface area contributed by atoms with Gasteiger partial charge in [-0.3, -0.25) is 0 Å². The summed E-state index contributed by atoms with van der Waals surface area (Å²) < 4.78 is 0. The quantitative estimate of drug-likeness (QED) is 0.774. The van der Waals surface area contributed by atoms with Crippen LogP contribution in [0.1, 0.15) is 30.4 Å². The second-order valence-corrected chi connectivity index (χ2v) is 4.37. The maximum atomic E-state index is 9.74. The number of rotatable bonds is 4. The van der Waals surface area contributed by atoms with E-state index in [9.17, 15) is 5.11 Å². The topological polar surface area (TPSA) is 20.2 Å². The summed E-state index contributed by atoms with van der Waals surface area (Å²) >= 11 is 0. The number of hydrogen-bond acceptors (Lipinski definition) is 1. The molecular weight excluding hydrogens is 172 g/mol. The van der Waals surface area contributed by atoms with Crippen LogP contribution in [0.4, 0.5) is 0 Å². The maximum absolute atomic E-state index is 9.74. The summed E-state index contributed by atoms with van der Waals surface area (Å²) in [5.41, 5.74) is 2.72. The predicted molar refractivity (Wildman–Crippen MR) is 58.2 cm³/mol. The molecule has 1 fully saturated rings. The van der Waals surface area contributed by atoms with Gasteiger partial charge in [-0.1, -0.05) is 24.3 Å². The van der Waals surface area contributed by atoms with Crippen molar-refractivity contribution in [2.75, 3.05) is 0 Å². The fourth-order valence-electron chi connectivity index (χ4n) is 1.91. The molecule has 76 valence electrons. The third-order valence-electron chi connectivity index (χ3n) is 3.14. The SMILES string of the molecule is Cc1ccccc1CCC(O)C1CC1. The molecule has 0 heterocycles. The van der Waals surface area contributed by atoms with Crippen LogP contribution in [0.25, 0.3) is 0 Å². The fourth-order valence-corrected chi connectivity index (χ4v) is 1.91. The van der Waals surface area contributed by atoms with Gasteiger partial charge in [0.25, 0.3) is 0 Å². The van der Waals surface area contributed by atoms with Gasteiger partial charge in [0.15, 0.2) is 0 Å². The highest BCUT2D eigenvalue weighted by molar-refractivity contribution is 5.25. The lowest BCUT2D eigenvalue weighted by atomic mass is 10.0. The van der Waals surface area contributed by atoms with Gasteiger partial charge in [0.05, 0.1) is 6.10 Å². The smallest absolute Gasteiger partial charge is 0.0571 e. The minimum Gasteiger partial charge on any atom is -0.393 e. The lowest BCUT2D eigenvalue weighted by Crippen LogP contribution is -2.10. The Kier molecular flexibility index (Phi) is 2.87. The first kappa shape index (κ1) is 9.72. The Morgan fingerprint density at radius 2 is 2.07 bits per heavy atom. The summed E-state index contributed by atoms with van der Waals surface area (Å²) in [6.07, 6.45) is 4.35. The van der Waals surface area contributed by atoms with Gasteiger partial charge in [0, 0.05) is 0 Å². The van der Waals surface area contributed by atoms with Crippen LogP contribution in [0, 0.1) is 12.8 Å². The second-order valence-electron chi connectivity index (χ2n) is 4.37. The lowest BCUT2D eigenvalue weighted by molar-refractivity contribution is 0.142. The van der Waals surface area contributed by atoms with Gasteiger partial charge in [-0.25, -0.2) is 0 Å². The normalized spacial score (nSPS) is 18.1. The first-order valence-corrected chi connectivity index (χ1v) is 5.50. The molecule has 14 heavy (non-hydrogen) atoms. The van der Waals surface area contributed by atoms with Gasteiger partial charge in [-0.15, -0.1) is 0 Å². The number of aliphatic hydroxyl groups is 1. The Hall–Kier alpha value is -0.820. The monoisotopic (exact) mass is 190 g/mol. The third kappa shape index (κ3) is 2.36. The molecule has 0 spiro atoms. The van der Waals surface area contributed by atoms with Crippen molar-refractivity contribution in [3.05, 3.63) is 35.4 Å². The Balaban J connectivity index is 1.87. The van der Waals surface area contributed by atoms with Gasteiger partial charge in [0.1, 0.15) is 0 Å². The molecule has 1 aliphatic rings. The Morgan fingerprint density at radius 3 is 2.71 bits per heavy atom. The number of hydrogen-bond donors (Lipinski definition) is 1. The Bertz CT molecular complexity index is 302. The summed E-state index contributed by atoms with van der Waals surface area (Å²) in [5, 5.41) is 9.74. The maximum Gasteiger partial charge on any atom is 0.0571 e. The Labute approximate surface area is 85.8 Å². The molecule has 1 aromatic rings. The van der Waals surface area contributed by atoms with Crippen LogP contribution in [-0.2, 0) is 6.42 Å². The fraction of sp³-hybridized carbons (Fsp3) is 0.538. The van der Waals surface area contributed by atoms with Crippen molar-refractivity contribution in [1.82, 2.24) is 0 Å². The zero-order valence-electron chi connectivity index (χ0n) is 8.74. The molecule has 1 N–H and O–H groups in total. The largest absolute Gasteiger partial charge is 0.393 e. The molecule has 1 saturated carbocycles. The van der Waals surface area contributed by atoms with Crippen LogP contribution in [0.3, 0.4) is 0 Å². The van der Waals surface area contributed by atoms with Crippen LogP contribution in [-0.4, -0.2) is 11.2 Å². The predicted octanol–water partition coefficient (Wildman–Crippen LogP) is 2.70. The van der Waals surface area contributed by atoms with Crippen molar-refractivity contribution in [2.24, 2.45) is 5.92 Å². The number of aliphatic hydroxyl groups excluding tert-OH is 1. The first-order chi connectivity index (χ1) is 6.77. The van der Waals surface area contributed by atoms with Crippen molar-refractivity contribution >= 4 is 0 Å². The highest BCUT2D eigenvalue weighted by Crippen LogP contribution is 2.34. The molecule has 0 aromatic heterocycles. The highest BCUT2D eigenvalue weighted by Gasteiger charge is 2.29. The zero-order chi connectivity index (χ0) is 9.97. The molecule has 0 radical (unpaired) electrons. The van der Waals surface area contributed by atoms with Gasteiger partial charge < -0.3 is 5.11 Å². The molecule has 0 bridgehead atoms. The van der Waals surface area contributed by atoms with Gasteiger partial charge >= 0.3 is 0 Å².